The molecule has 1 saturated heterocycles. The molecule has 0 spiro atoms. The normalized spacial score (nSPS) is 15.1. The molecular formula is C20H19NO5S2. The molecule has 8 heteroatoms. The van der Waals surface area contributed by atoms with Gasteiger partial charge in [0, 0.05) is 5.56 Å². The third kappa shape index (κ3) is 3.53. The monoisotopic (exact) mass is 417 g/mol. The number of hydrogen-bond acceptors (Lipinski definition) is 7. The zero-order chi connectivity index (χ0) is 20.3. The van der Waals surface area contributed by atoms with Crippen molar-refractivity contribution >= 4 is 46.0 Å². The molecule has 3 rings (SSSR count). The average molecular weight is 418 g/mol. The first-order valence-electron chi connectivity index (χ1n) is 8.25. The van der Waals surface area contributed by atoms with Gasteiger partial charge in [-0.3, -0.25) is 9.69 Å². The number of rotatable bonds is 6. The molecular weight excluding hydrogens is 398 g/mol. The summed E-state index contributed by atoms with van der Waals surface area (Å²) in [6.07, 6.45) is 1.73. The lowest BCUT2D eigenvalue weighted by Gasteiger charge is -2.17. The summed E-state index contributed by atoms with van der Waals surface area (Å²) in [5.74, 6) is 1.82. The van der Waals surface area contributed by atoms with E-state index in [1.54, 1.807) is 44.6 Å². The Morgan fingerprint density at radius 3 is 2.21 bits per heavy atom. The number of amides is 1. The Bertz CT molecular complexity index is 958. The molecule has 0 bridgehead atoms. The molecule has 1 amide bonds. The number of ether oxygens (including phenoxy) is 4. The third-order valence-electron chi connectivity index (χ3n) is 4.14. The van der Waals surface area contributed by atoms with Gasteiger partial charge in [-0.15, -0.1) is 0 Å². The average Bonchev–Trinajstić information content (AvgIpc) is 3.00. The molecule has 2 aromatic carbocycles. The van der Waals surface area contributed by atoms with Crippen molar-refractivity contribution < 1.29 is 23.7 Å². The van der Waals surface area contributed by atoms with Gasteiger partial charge in [-0.2, -0.15) is 0 Å². The van der Waals surface area contributed by atoms with Crippen LogP contribution < -0.4 is 23.8 Å². The van der Waals surface area contributed by atoms with Crippen LogP contribution in [0.2, 0.25) is 0 Å². The van der Waals surface area contributed by atoms with Crippen LogP contribution in [-0.4, -0.2) is 38.7 Å². The number of benzene rings is 2. The van der Waals surface area contributed by atoms with Crippen LogP contribution in [0.15, 0.2) is 41.3 Å². The van der Waals surface area contributed by atoms with Crippen LogP contribution in [0.3, 0.4) is 0 Å². The van der Waals surface area contributed by atoms with Crippen molar-refractivity contribution in [3.05, 3.63) is 46.9 Å². The first-order chi connectivity index (χ1) is 13.5. The molecule has 146 valence electrons. The Hall–Kier alpha value is -2.71. The van der Waals surface area contributed by atoms with E-state index in [2.05, 4.69) is 0 Å². The highest BCUT2D eigenvalue weighted by Gasteiger charge is 2.35. The summed E-state index contributed by atoms with van der Waals surface area (Å²) in [6, 6.07) is 10.8. The molecule has 1 aliphatic rings. The first-order valence-corrected chi connectivity index (χ1v) is 9.48. The van der Waals surface area contributed by atoms with Crippen molar-refractivity contribution in [2.75, 3.05) is 33.3 Å². The van der Waals surface area contributed by atoms with Crippen LogP contribution in [0.25, 0.3) is 6.08 Å². The highest BCUT2D eigenvalue weighted by atomic mass is 32.2. The summed E-state index contributed by atoms with van der Waals surface area (Å²) in [4.78, 5) is 15.0. The van der Waals surface area contributed by atoms with Crippen LogP contribution in [0, 0.1) is 0 Å². The molecule has 1 aliphatic heterocycles. The lowest BCUT2D eigenvalue weighted by Crippen LogP contribution is -2.27. The predicted octanol–water partition coefficient (Wildman–Crippen LogP) is 4.13. The molecule has 0 radical (unpaired) electrons. The van der Waals surface area contributed by atoms with E-state index in [9.17, 15) is 4.79 Å². The zero-order valence-corrected chi connectivity index (χ0v) is 17.5. The predicted molar refractivity (Wildman–Crippen MR) is 115 cm³/mol. The van der Waals surface area contributed by atoms with Crippen LogP contribution >= 0.6 is 24.0 Å². The number of carbonyl (C=O) groups excluding carboxylic acids is 1. The van der Waals surface area contributed by atoms with E-state index in [1.165, 1.54) is 30.9 Å². The maximum Gasteiger partial charge on any atom is 0.270 e. The number of para-hydroxylation sites is 2. The Morgan fingerprint density at radius 1 is 0.893 bits per heavy atom. The Morgan fingerprint density at radius 2 is 1.57 bits per heavy atom. The molecule has 0 aliphatic carbocycles. The molecule has 0 N–H and O–H groups in total. The lowest BCUT2D eigenvalue weighted by molar-refractivity contribution is -0.113. The molecule has 1 heterocycles. The van der Waals surface area contributed by atoms with Gasteiger partial charge in [-0.05, 0) is 30.3 Å². The fraction of sp³-hybridized carbons (Fsp3) is 0.200. The number of anilines is 1. The Kier molecular flexibility index (Phi) is 6.11. The van der Waals surface area contributed by atoms with Gasteiger partial charge in [-0.25, -0.2) is 0 Å². The highest BCUT2D eigenvalue weighted by Crippen LogP contribution is 2.44. The van der Waals surface area contributed by atoms with Crippen molar-refractivity contribution in [3.63, 3.8) is 0 Å². The van der Waals surface area contributed by atoms with Gasteiger partial charge in [0.15, 0.2) is 15.8 Å². The molecule has 28 heavy (non-hydrogen) atoms. The minimum absolute atomic E-state index is 0.226. The lowest BCUT2D eigenvalue weighted by atomic mass is 10.1. The van der Waals surface area contributed by atoms with Crippen molar-refractivity contribution in [3.8, 4) is 23.0 Å². The van der Waals surface area contributed by atoms with Crippen molar-refractivity contribution in [1.82, 2.24) is 0 Å². The van der Waals surface area contributed by atoms with E-state index in [-0.39, 0.29) is 5.91 Å². The Labute approximate surface area is 173 Å². The van der Waals surface area contributed by atoms with E-state index in [0.717, 1.165) is 0 Å². The van der Waals surface area contributed by atoms with E-state index >= 15 is 0 Å². The van der Waals surface area contributed by atoms with Gasteiger partial charge in [0.1, 0.15) is 5.75 Å². The van der Waals surface area contributed by atoms with Gasteiger partial charge in [0.25, 0.3) is 5.91 Å². The van der Waals surface area contributed by atoms with E-state index in [1.807, 2.05) is 12.1 Å². The van der Waals surface area contributed by atoms with Gasteiger partial charge in [0.2, 0.25) is 5.75 Å². The summed E-state index contributed by atoms with van der Waals surface area (Å²) in [7, 11) is 6.18. The second-order valence-corrected chi connectivity index (χ2v) is 7.29. The molecule has 1 fully saturated rings. The summed E-state index contributed by atoms with van der Waals surface area (Å²) in [5, 5.41) is 0. The second kappa shape index (κ2) is 8.53. The first kappa shape index (κ1) is 20.0. The summed E-state index contributed by atoms with van der Waals surface area (Å²) in [6.45, 7) is 0. The maximum absolute atomic E-state index is 13.1. The topological polar surface area (TPSA) is 57.2 Å². The molecule has 0 aromatic heterocycles. The maximum atomic E-state index is 13.1. The van der Waals surface area contributed by atoms with Crippen LogP contribution in [-0.2, 0) is 4.79 Å². The standard InChI is InChI=1S/C20H19NO5S2/c1-23-14-8-6-5-7-13(14)21-19(22)16(28-20(21)27)11-12-9-10-15(24-2)18(26-4)17(12)25-3/h5-11H,1-4H3/b16-11-. The van der Waals surface area contributed by atoms with Gasteiger partial charge in [0.05, 0.1) is 39.0 Å². The fourth-order valence-electron chi connectivity index (χ4n) is 2.87. The van der Waals surface area contributed by atoms with Crippen LogP contribution in [0.5, 0.6) is 23.0 Å². The molecule has 0 unspecified atom stereocenters. The molecule has 0 atom stereocenters. The molecule has 2 aromatic rings. The minimum atomic E-state index is -0.226. The van der Waals surface area contributed by atoms with Crippen molar-refractivity contribution in [2.45, 2.75) is 0 Å². The molecule has 6 nitrogen and oxygen atoms in total. The van der Waals surface area contributed by atoms with Crippen molar-refractivity contribution in [1.29, 1.82) is 0 Å². The van der Waals surface area contributed by atoms with E-state index < -0.39 is 0 Å². The number of thiocarbonyl (C=S) groups is 1. The van der Waals surface area contributed by atoms with Gasteiger partial charge < -0.3 is 18.9 Å². The highest BCUT2D eigenvalue weighted by molar-refractivity contribution is 8.27. The zero-order valence-electron chi connectivity index (χ0n) is 15.8. The molecule has 0 saturated carbocycles. The fourth-order valence-corrected chi connectivity index (χ4v) is 4.14. The number of carbonyl (C=O) groups is 1. The smallest absolute Gasteiger partial charge is 0.270 e. The summed E-state index contributed by atoms with van der Waals surface area (Å²) < 4.78 is 22.0. The number of hydrogen-bond donors (Lipinski definition) is 0. The van der Waals surface area contributed by atoms with Gasteiger partial charge >= 0.3 is 0 Å². The van der Waals surface area contributed by atoms with Gasteiger partial charge in [-0.1, -0.05) is 36.1 Å². The third-order valence-corrected chi connectivity index (χ3v) is 5.44. The SMILES string of the molecule is COc1ccccc1N1C(=O)/C(=C/c2ccc(OC)c(OC)c2OC)SC1=S. The van der Waals surface area contributed by atoms with Crippen LogP contribution in [0.4, 0.5) is 5.69 Å². The number of methoxy groups -OCH3 is 4. The number of nitrogens with zero attached hydrogens (tertiary/aromatic N) is 1. The van der Waals surface area contributed by atoms with E-state index in [4.69, 9.17) is 31.2 Å². The van der Waals surface area contributed by atoms with E-state index in [0.29, 0.717) is 43.5 Å². The van der Waals surface area contributed by atoms with Crippen molar-refractivity contribution in [2.24, 2.45) is 0 Å². The quantitative estimate of drug-likeness (QED) is 0.517. The number of thioether (sulfide) groups is 1. The summed E-state index contributed by atoms with van der Waals surface area (Å²) in [5.41, 5.74) is 1.29. The summed E-state index contributed by atoms with van der Waals surface area (Å²) >= 11 is 6.66. The Balaban J connectivity index is 2.03. The van der Waals surface area contributed by atoms with Crippen LogP contribution in [0.1, 0.15) is 5.56 Å². The largest absolute Gasteiger partial charge is 0.495 e. The second-order valence-electron chi connectivity index (χ2n) is 5.61. The minimum Gasteiger partial charge on any atom is -0.495 e.